The number of alkyl halides is 3. The number of ether oxygens (including phenoxy) is 1. The Bertz CT molecular complexity index is 521. The Balaban J connectivity index is 2.07. The molecule has 0 amide bonds. The predicted molar refractivity (Wildman–Crippen MR) is 81.5 cm³/mol. The van der Waals surface area contributed by atoms with Crippen molar-refractivity contribution in [2.24, 2.45) is 0 Å². The molecule has 0 saturated carbocycles. The molecule has 1 rings (SSSR count). The Morgan fingerprint density at radius 3 is 2.17 bits per heavy atom. The summed E-state index contributed by atoms with van der Waals surface area (Å²) in [5, 5.41) is 10.6. The lowest BCUT2D eigenvalue weighted by Gasteiger charge is -2.07. The zero-order valence-corrected chi connectivity index (χ0v) is 13.3. The maximum absolute atomic E-state index is 13.1. The second-order valence-corrected chi connectivity index (χ2v) is 5.56. The van der Waals surface area contributed by atoms with Crippen LogP contribution < -0.4 is 4.74 Å². The van der Waals surface area contributed by atoms with Gasteiger partial charge in [0.05, 0.1) is 17.6 Å². The van der Waals surface area contributed by atoms with Gasteiger partial charge in [0.1, 0.15) is 5.75 Å². The first-order chi connectivity index (χ1) is 11.3. The average Bonchev–Trinajstić information content (AvgIpc) is 2.49. The van der Waals surface area contributed by atoms with Crippen LogP contribution in [0, 0.1) is 15.9 Å². The van der Waals surface area contributed by atoms with Gasteiger partial charge in [-0.05, 0) is 25.0 Å². The van der Waals surface area contributed by atoms with Crippen molar-refractivity contribution in [2.45, 2.75) is 57.5 Å². The molecule has 0 atom stereocenters. The lowest BCUT2D eigenvalue weighted by Crippen LogP contribution is -2.06. The van der Waals surface area contributed by atoms with Crippen LogP contribution in [-0.2, 0) is 0 Å². The molecule has 24 heavy (non-hydrogen) atoms. The highest BCUT2D eigenvalue weighted by Gasteiger charge is 2.25. The zero-order valence-electron chi connectivity index (χ0n) is 13.3. The number of nitrogens with zero attached hydrogens (tertiary/aromatic N) is 1. The maximum atomic E-state index is 13.1. The van der Waals surface area contributed by atoms with Crippen LogP contribution in [0.3, 0.4) is 0 Å². The predicted octanol–water partition coefficient (Wildman–Crippen LogP) is 5.80. The first kappa shape index (κ1) is 20.2. The monoisotopic (exact) mass is 351 g/mol. The fourth-order valence-corrected chi connectivity index (χ4v) is 2.22. The third-order valence-electron chi connectivity index (χ3n) is 3.49. The number of nitro groups is 1. The molecule has 0 bridgehead atoms. The molecule has 0 fully saturated rings. The van der Waals surface area contributed by atoms with Crippen LogP contribution in [0.15, 0.2) is 18.2 Å². The van der Waals surface area contributed by atoms with E-state index >= 15 is 0 Å². The van der Waals surface area contributed by atoms with E-state index in [1.807, 2.05) is 0 Å². The zero-order chi connectivity index (χ0) is 18.0. The van der Waals surface area contributed by atoms with Gasteiger partial charge in [-0.1, -0.05) is 32.1 Å². The van der Waals surface area contributed by atoms with Crippen LogP contribution in [-0.4, -0.2) is 17.7 Å². The van der Waals surface area contributed by atoms with Gasteiger partial charge in [0.25, 0.3) is 0 Å². The second-order valence-electron chi connectivity index (χ2n) is 5.56. The first-order valence-electron chi connectivity index (χ1n) is 7.93. The quantitative estimate of drug-likeness (QED) is 0.219. The Kier molecular flexibility index (Phi) is 8.49. The van der Waals surface area contributed by atoms with Crippen molar-refractivity contribution in [3.8, 4) is 5.75 Å². The highest BCUT2D eigenvalue weighted by atomic mass is 19.4. The number of rotatable bonds is 11. The van der Waals surface area contributed by atoms with Gasteiger partial charge in [-0.15, -0.1) is 0 Å². The Morgan fingerprint density at radius 1 is 1.00 bits per heavy atom. The van der Waals surface area contributed by atoms with Crippen LogP contribution in [0.5, 0.6) is 5.75 Å². The van der Waals surface area contributed by atoms with Crippen molar-refractivity contribution in [1.29, 1.82) is 0 Å². The summed E-state index contributed by atoms with van der Waals surface area (Å²) in [7, 11) is 0. The summed E-state index contributed by atoms with van der Waals surface area (Å²) in [5.74, 6) is -0.659. The van der Waals surface area contributed by atoms with E-state index in [0.717, 1.165) is 44.2 Å². The number of hydrogen-bond donors (Lipinski definition) is 0. The molecular formula is C16H21F4NO3. The summed E-state index contributed by atoms with van der Waals surface area (Å²) < 4.78 is 54.3. The molecule has 0 N–H and O–H groups in total. The van der Waals surface area contributed by atoms with Gasteiger partial charge in [-0.25, -0.2) is 0 Å². The van der Waals surface area contributed by atoms with Crippen molar-refractivity contribution in [2.75, 3.05) is 6.61 Å². The maximum Gasteiger partial charge on any atom is 0.389 e. The Hall–Kier alpha value is -1.86. The van der Waals surface area contributed by atoms with Crippen molar-refractivity contribution in [3.05, 3.63) is 34.1 Å². The summed E-state index contributed by atoms with van der Waals surface area (Å²) in [6.45, 7) is 0.358. The van der Waals surface area contributed by atoms with E-state index in [-0.39, 0.29) is 12.2 Å². The Morgan fingerprint density at radius 2 is 1.58 bits per heavy atom. The van der Waals surface area contributed by atoms with E-state index in [4.69, 9.17) is 4.74 Å². The van der Waals surface area contributed by atoms with E-state index in [2.05, 4.69) is 0 Å². The van der Waals surface area contributed by atoms with E-state index in [9.17, 15) is 27.7 Å². The van der Waals surface area contributed by atoms with Gasteiger partial charge in [-0.3, -0.25) is 10.1 Å². The minimum atomic E-state index is -4.06. The fourth-order valence-electron chi connectivity index (χ4n) is 2.22. The molecular weight excluding hydrogens is 330 g/mol. The van der Waals surface area contributed by atoms with Crippen LogP contribution in [0.25, 0.3) is 0 Å². The third kappa shape index (κ3) is 8.69. The molecule has 0 aliphatic rings. The van der Waals surface area contributed by atoms with Crippen LogP contribution in [0.1, 0.15) is 51.4 Å². The topological polar surface area (TPSA) is 52.4 Å². The molecule has 1 aromatic rings. The van der Waals surface area contributed by atoms with Gasteiger partial charge in [0.2, 0.25) is 5.82 Å². The summed E-state index contributed by atoms with van der Waals surface area (Å²) in [5.41, 5.74) is -0.619. The largest absolute Gasteiger partial charge is 0.493 e. The molecule has 0 aromatic heterocycles. The van der Waals surface area contributed by atoms with E-state index < -0.39 is 29.0 Å². The molecule has 136 valence electrons. The highest BCUT2D eigenvalue weighted by molar-refractivity contribution is 5.39. The van der Waals surface area contributed by atoms with Gasteiger partial charge in [0, 0.05) is 6.42 Å². The normalized spacial score (nSPS) is 11.5. The second kappa shape index (κ2) is 10.1. The lowest BCUT2D eigenvalue weighted by molar-refractivity contribution is -0.387. The smallest absolute Gasteiger partial charge is 0.389 e. The van der Waals surface area contributed by atoms with Gasteiger partial charge < -0.3 is 4.74 Å². The van der Waals surface area contributed by atoms with Crippen molar-refractivity contribution >= 4 is 5.69 Å². The van der Waals surface area contributed by atoms with E-state index in [1.54, 1.807) is 0 Å². The molecule has 0 aliphatic carbocycles. The van der Waals surface area contributed by atoms with Gasteiger partial charge in [-0.2, -0.15) is 17.6 Å². The number of benzene rings is 1. The molecule has 0 heterocycles. The van der Waals surface area contributed by atoms with Crippen LogP contribution in [0.2, 0.25) is 0 Å². The fraction of sp³-hybridized carbons (Fsp3) is 0.625. The molecule has 1 aromatic carbocycles. The summed E-state index contributed by atoms with van der Waals surface area (Å²) in [4.78, 5) is 9.80. The number of hydrogen-bond acceptors (Lipinski definition) is 3. The molecule has 0 unspecified atom stereocenters. The minimum absolute atomic E-state index is 0.177. The van der Waals surface area contributed by atoms with Crippen molar-refractivity contribution in [1.82, 2.24) is 0 Å². The summed E-state index contributed by atoms with van der Waals surface area (Å²) in [6, 6.07) is 3.38. The van der Waals surface area contributed by atoms with Gasteiger partial charge >= 0.3 is 11.9 Å². The standard InChI is InChI=1S/C16H21F4NO3/c17-14-9-8-13(12-15(14)21(22)23)24-11-7-5-3-1-2-4-6-10-16(18,19)20/h8-9,12H,1-7,10-11H2. The van der Waals surface area contributed by atoms with Crippen LogP contribution >= 0.6 is 0 Å². The first-order valence-corrected chi connectivity index (χ1v) is 7.93. The SMILES string of the molecule is O=[N+]([O-])c1cc(OCCCCCCCCCC(F)(F)F)ccc1F. The Labute approximate surface area is 138 Å². The highest BCUT2D eigenvalue weighted by Crippen LogP contribution is 2.24. The summed E-state index contributed by atoms with van der Waals surface area (Å²) >= 11 is 0. The number of unbranched alkanes of at least 4 members (excludes halogenated alkanes) is 6. The van der Waals surface area contributed by atoms with E-state index in [1.165, 1.54) is 6.07 Å². The average molecular weight is 351 g/mol. The van der Waals surface area contributed by atoms with Crippen LogP contribution in [0.4, 0.5) is 23.2 Å². The lowest BCUT2D eigenvalue weighted by atomic mass is 10.1. The number of nitro benzene ring substituents is 1. The molecule has 8 heteroatoms. The molecule has 4 nitrogen and oxygen atoms in total. The van der Waals surface area contributed by atoms with Crippen molar-refractivity contribution < 1.29 is 27.2 Å². The van der Waals surface area contributed by atoms with E-state index in [0.29, 0.717) is 13.0 Å². The summed E-state index contributed by atoms with van der Waals surface area (Å²) in [6.07, 6.45) is 0.124. The molecule has 0 radical (unpaired) electrons. The number of halogens is 4. The molecule has 0 aliphatic heterocycles. The minimum Gasteiger partial charge on any atom is -0.493 e. The molecule has 0 saturated heterocycles. The van der Waals surface area contributed by atoms with Gasteiger partial charge in [0.15, 0.2) is 0 Å². The third-order valence-corrected chi connectivity index (χ3v) is 3.49. The molecule has 0 spiro atoms. The van der Waals surface area contributed by atoms with Crippen molar-refractivity contribution in [3.63, 3.8) is 0 Å².